The van der Waals surface area contributed by atoms with Crippen molar-refractivity contribution in [2.75, 3.05) is 13.1 Å². The van der Waals surface area contributed by atoms with Crippen molar-refractivity contribution in [2.24, 2.45) is 5.41 Å². The molecule has 0 rings (SSSR count). The highest BCUT2D eigenvalue weighted by Crippen LogP contribution is 2.23. The molecule has 0 radical (unpaired) electrons. The van der Waals surface area contributed by atoms with Crippen LogP contribution >= 0.6 is 0 Å². The third-order valence-electron chi connectivity index (χ3n) is 3.52. The van der Waals surface area contributed by atoms with E-state index in [1.54, 1.807) is 0 Å². The SMILES string of the molecule is CCCCCC(C)(C)CNC(=O)N(CC(=O)O)C(C)(C)C. The average Bonchev–Trinajstić information content (AvgIpc) is 2.32. The largest absolute Gasteiger partial charge is 0.480 e. The van der Waals surface area contributed by atoms with E-state index in [2.05, 4.69) is 26.1 Å². The lowest BCUT2D eigenvalue weighted by atomic mass is 9.87. The van der Waals surface area contributed by atoms with Gasteiger partial charge < -0.3 is 15.3 Å². The Morgan fingerprint density at radius 3 is 2.10 bits per heavy atom. The molecule has 0 aromatic rings. The van der Waals surface area contributed by atoms with Gasteiger partial charge in [0.05, 0.1) is 0 Å². The topological polar surface area (TPSA) is 69.6 Å². The molecule has 0 aliphatic heterocycles. The van der Waals surface area contributed by atoms with E-state index in [0.29, 0.717) is 6.54 Å². The summed E-state index contributed by atoms with van der Waals surface area (Å²) in [5.41, 5.74) is -0.494. The van der Waals surface area contributed by atoms with Crippen molar-refractivity contribution >= 4 is 12.0 Å². The first-order chi connectivity index (χ1) is 9.49. The van der Waals surface area contributed by atoms with Crippen molar-refractivity contribution < 1.29 is 14.7 Å². The number of urea groups is 1. The zero-order valence-electron chi connectivity index (χ0n) is 14.5. The number of carbonyl (C=O) groups excluding carboxylic acids is 1. The van der Waals surface area contributed by atoms with Gasteiger partial charge in [0.25, 0.3) is 0 Å². The van der Waals surface area contributed by atoms with Crippen LogP contribution in [-0.4, -0.2) is 40.6 Å². The van der Waals surface area contributed by atoms with Crippen molar-refractivity contribution in [1.82, 2.24) is 10.2 Å². The number of unbranched alkanes of at least 4 members (excludes halogenated alkanes) is 2. The smallest absolute Gasteiger partial charge is 0.323 e. The van der Waals surface area contributed by atoms with Gasteiger partial charge in [-0.15, -0.1) is 0 Å². The van der Waals surface area contributed by atoms with Crippen LogP contribution in [0.15, 0.2) is 0 Å². The lowest BCUT2D eigenvalue weighted by Gasteiger charge is -2.35. The molecule has 0 aliphatic carbocycles. The highest BCUT2D eigenvalue weighted by Gasteiger charge is 2.29. The second-order valence-corrected chi connectivity index (χ2v) is 7.43. The minimum atomic E-state index is -0.998. The molecule has 0 aliphatic rings. The number of carboxylic acids is 1. The predicted octanol–water partition coefficient (Wildman–Crippen LogP) is 3.49. The molecule has 0 atom stereocenters. The number of aliphatic carboxylic acids is 1. The van der Waals surface area contributed by atoms with Crippen LogP contribution in [0.1, 0.15) is 67.2 Å². The van der Waals surface area contributed by atoms with Crippen LogP contribution in [-0.2, 0) is 4.79 Å². The molecule has 0 saturated carbocycles. The molecule has 0 bridgehead atoms. The summed E-state index contributed by atoms with van der Waals surface area (Å²) in [6.07, 6.45) is 4.58. The van der Waals surface area contributed by atoms with Gasteiger partial charge in [0.2, 0.25) is 0 Å². The zero-order chi connectivity index (χ0) is 16.7. The molecule has 2 N–H and O–H groups in total. The third-order valence-corrected chi connectivity index (χ3v) is 3.52. The molecule has 0 spiro atoms. The molecule has 0 aromatic carbocycles. The second-order valence-electron chi connectivity index (χ2n) is 7.43. The van der Waals surface area contributed by atoms with Crippen LogP contribution < -0.4 is 5.32 Å². The number of nitrogens with one attached hydrogen (secondary N) is 1. The number of hydrogen-bond donors (Lipinski definition) is 2. The Morgan fingerprint density at radius 1 is 1.10 bits per heavy atom. The first kappa shape index (κ1) is 19.7. The molecule has 5 heteroatoms. The van der Waals surface area contributed by atoms with Gasteiger partial charge in [-0.25, -0.2) is 4.79 Å². The third kappa shape index (κ3) is 8.58. The van der Waals surface area contributed by atoms with E-state index >= 15 is 0 Å². The van der Waals surface area contributed by atoms with E-state index in [4.69, 9.17) is 5.11 Å². The molecular weight excluding hydrogens is 268 g/mol. The molecule has 2 amide bonds. The lowest BCUT2D eigenvalue weighted by Crippen LogP contribution is -2.53. The van der Waals surface area contributed by atoms with Crippen LogP contribution in [0.4, 0.5) is 4.79 Å². The summed E-state index contributed by atoms with van der Waals surface area (Å²) in [5.74, 6) is -0.998. The summed E-state index contributed by atoms with van der Waals surface area (Å²) < 4.78 is 0. The molecule has 5 nitrogen and oxygen atoms in total. The van der Waals surface area contributed by atoms with E-state index in [-0.39, 0.29) is 18.0 Å². The summed E-state index contributed by atoms with van der Waals surface area (Å²) in [7, 11) is 0. The maximum absolute atomic E-state index is 12.3. The lowest BCUT2D eigenvalue weighted by molar-refractivity contribution is -0.138. The Labute approximate surface area is 129 Å². The van der Waals surface area contributed by atoms with Crippen molar-refractivity contribution in [3.63, 3.8) is 0 Å². The van der Waals surface area contributed by atoms with Gasteiger partial charge in [0.1, 0.15) is 6.54 Å². The number of carbonyl (C=O) groups is 2. The van der Waals surface area contributed by atoms with Gasteiger partial charge in [0.15, 0.2) is 0 Å². The van der Waals surface area contributed by atoms with Crippen molar-refractivity contribution in [3.05, 3.63) is 0 Å². The molecule has 21 heavy (non-hydrogen) atoms. The number of rotatable bonds is 8. The number of amides is 2. The van der Waals surface area contributed by atoms with Gasteiger partial charge >= 0.3 is 12.0 Å². The summed E-state index contributed by atoms with van der Waals surface area (Å²) >= 11 is 0. The highest BCUT2D eigenvalue weighted by molar-refractivity contribution is 5.80. The fourth-order valence-electron chi connectivity index (χ4n) is 2.10. The molecule has 0 aromatic heterocycles. The number of nitrogens with zero attached hydrogens (tertiary/aromatic N) is 1. The molecule has 0 unspecified atom stereocenters. The molecule has 0 fully saturated rings. The number of hydrogen-bond acceptors (Lipinski definition) is 2. The Bertz CT molecular complexity index is 346. The summed E-state index contributed by atoms with van der Waals surface area (Å²) in [6.45, 7) is 12.2. The van der Waals surface area contributed by atoms with Crippen molar-refractivity contribution in [2.45, 2.75) is 72.8 Å². The quantitative estimate of drug-likeness (QED) is 0.674. The van der Waals surface area contributed by atoms with Crippen LogP contribution in [0.5, 0.6) is 0 Å². The van der Waals surface area contributed by atoms with Gasteiger partial charge in [-0.05, 0) is 32.6 Å². The van der Waals surface area contributed by atoms with E-state index in [1.165, 1.54) is 17.7 Å². The van der Waals surface area contributed by atoms with E-state index < -0.39 is 11.5 Å². The summed E-state index contributed by atoms with van der Waals surface area (Å²) in [6, 6.07) is -0.312. The summed E-state index contributed by atoms with van der Waals surface area (Å²) in [4.78, 5) is 24.5. The van der Waals surface area contributed by atoms with Gasteiger partial charge in [0, 0.05) is 12.1 Å². The molecular formula is C16H32N2O3. The monoisotopic (exact) mass is 300 g/mol. The van der Waals surface area contributed by atoms with Gasteiger partial charge in [-0.3, -0.25) is 4.79 Å². The predicted molar refractivity (Wildman–Crippen MR) is 85.4 cm³/mol. The zero-order valence-corrected chi connectivity index (χ0v) is 14.5. The van der Waals surface area contributed by atoms with E-state index in [9.17, 15) is 9.59 Å². The molecule has 124 valence electrons. The van der Waals surface area contributed by atoms with Crippen LogP contribution in [0.3, 0.4) is 0 Å². The number of carboxylic acid groups (broad SMARTS) is 1. The highest BCUT2D eigenvalue weighted by atomic mass is 16.4. The Hall–Kier alpha value is -1.26. The average molecular weight is 300 g/mol. The Balaban J connectivity index is 4.52. The standard InChI is InChI=1S/C16H32N2O3/c1-7-8-9-10-16(5,6)12-17-14(21)18(11-13(19)20)15(2,3)4/h7-12H2,1-6H3,(H,17,21)(H,19,20). The maximum Gasteiger partial charge on any atom is 0.323 e. The Morgan fingerprint density at radius 2 is 1.67 bits per heavy atom. The first-order valence-corrected chi connectivity index (χ1v) is 7.77. The van der Waals surface area contributed by atoms with Gasteiger partial charge in [-0.2, -0.15) is 0 Å². The fraction of sp³-hybridized carbons (Fsp3) is 0.875. The first-order valence-electron chi connectivity index (χ1n) is 7.77. The van der Waals surface area contributed by atoms with Crippen molar-refractivity contribution in [1.29, 1.82) is 0 Å². The fourth-order valence-corrected chi connectivity index (χ4v) is 2.10. The van der Waals surface area contributed by atoms with Crippen molar-refractivity contribution in [3.8, 4) is 0 Å². The molecule has 0 heterocycles. The normalized spacial score (nSPS) is 12.1. The minimum Gasteiger partial charge on any atom is -0.480 e. The van der Waals surface area contributed by atoms with E-state index in [1.807, 2.05) is 20.8 Å². The minimum absolute atomic E-state index is 0.0254. The van der Waals surface area contributed by atoms with Crippen LogP contribution in [0, 0.1) is 5.41 Å². The summed E-state index contributed by atoms with van der Waals surface area (Å²) in [5, 5.41) is 11.8. The van der Waals surface area contributed by atoms with Crippen LogP contribution in [0.25, 0.3) is 0 Å². The Kier molecular flexibility index (Phi) is 7.75. The second kappa shape index (κ2) is 8.25. The van der Waals surface area contributed by atoms with Gasteiger partial charge in [-0.1, -0.05) is 40.0 Å². The maximum atomic E-state index is 12.3. The molecule has 0 saturated heterocycles. The van der Waals surface area contributed by atoms with Crippen LogP contribution in [0.2, 0.25) is 0 Å². The van der Waals surface area contributed by atoms with E-state index in [0.717, 1.165) is 12.8 Å².